The molecule has 2 aromatic rings. The van der Waals surface area contributed by atoms with Gasteiger partial charge in [-0.3, -0.25) is 14.4 Å². The zero-order valence-corrected chi connectivity index (χ0v) is 14.4. The zero-order valence-electron chi connectivity index (χ0n) is 14.4. The van der Waals surface area contributed by atoms with E-state index in [1.165, 1.54) is 0 Å². The van der Waals surface area contributed by atoms with Crippen LogP contribution in [-0.2, 0) is 6.54 Å². The number of hydrogen-bond donors (Lipinski definition) is 1. The number of amides is 1. The lowest BCUT2D eigenvalue weighted by molar-refractivity contribution is 0.0955. The average molecular weight is 332 g/mol. The van der Waals surface area contributed by atoms with Gasteiger partial charge in [-0.05, 0) is 49.7 Å². The number of likely N-dealkylation sites (tertiary alicyclic amines) is 1. The third-order valence-corrected chi connectivity index (χ3v) is 4.34. The lowest BCUT2D eigenvalue weighted by Crippen LogP contribution is -2.37. The lowest BCUT2D eigenvalue weighted by Gasteiger charge is -2.32. The minimum absolute atomic E-state index is 0.155. The van der Waals surface area contributed by atoms with E-state index in [1.54, 1.807) is 13.1 Å². The summed E-state index contributed by atoms with van der Waals surface area (Å²) < 4.78 is 3.77. The molecule has 0 aliphatic carbocycles. The van der Waals surface area contributed by atoms with Gasteiger partial charge in [-0.2, -0.15) is 5.10 Å². The highest BCUT2D eigenvalue weighted by Crippen LogP contribution is 2.22. The van der Waals surface area contributed by atoms with Gasteiger partial charge in [0.25, 0.3) is 5.91 Å². The molecule has 0 aromatic carbocycles. The Morgan fingerprint density at radius 2 is 2.29 bits per heavy atom. The van der Waals surface area contributed by atoms with Crippen molar-refractivity contribution in [2.24, 2.45) is 0 Å². The van der Waals surface area contributed by atoms with E-state index in [4.69, 9.17) is 0 Å². The van der Waals surface area contributed by atoms with Crippen molar-refractivity contribution in [1.29, 1.82) is 0 Å². The average Bonchev–Trinajstić information content (AvgIpc) is 3.23. The topological polar surface area (TPSA) is 93.8 Å². The Kier molecular flexibility index (Phi) is 4.89. The molecule has 130 valence electrons. The van der Waals surface area contributed by atoms with Gasteiger partial charge in [-0.15, -0.1) is 5.10 Å². The van der Waals surface area contributed by atoms with Crippen molar-refractivity contribution < 1.29 is 4.79 Å². The number of hydrogen-bond acceptors (Lipinski definition) is 6. The van der Waals surface area contributed by atoms with Crippen LogP contribution in [0.1, 0.15) is 55.1 Å². The predicted octanol–water partition coefficient (Wildman–Crippen LogP) is 0.647. The second-order valence-corrected chi connectivity index (χ2v) is 6.42. The number of nitrogens with zero attached hydrogens (tertiary/aromatic N) is 7. The Morgan fingerprint density at radius 3 is 3.04 bits per heavy atom. The minimum atomic E-state index is -0.155. The molecule has 1 N–H and O–H groups in total. The molecule has 1 saturated heterocycles. The van der Waals surface area contributed by atoms with Crippen LogP contribution >= 0.6 is 0 Å². The van der Waals surface area contributed by atoms with Gasteiger partial charge in [-0.25, -0.2) is 4.68 Å². The molecule has 1 fully saturated rings. The zero-order chi connectivity index (χ0) is 17.1. The summed E-state index contributed by atoms with van der Waals surface area (Å²) >= 11 is 0. The molecule has 1 amide bonds. The van der Waals surface area contributed by atoms with Crippen molar-refractivity contribution in [2.75, 3.05) is 20.1 Å². The Morgan fingerprint density at radius 1 is 1.46 bits per heavy atom. The molecular weight excluding hydrogens is 308 g/mol. The van der Waals surface area contributed by atoms with E-state index < -0.39 is 0 Å². The Hall–Kier alpha value is -2.29. The van der Waals surface area contributed by atoms with Crippen molar-refractivity contribution in [1.82, 2.24) is 40.2 Å². The molecule has 3 rings (SSSR count). The number of nitrogens with one attached hydrogen (secondary N) is 1. The quantitative estimate of drug-likeness (QED) is 0.864. The first-order valence-corrected chi connectivity index (χ1v) is 8.34. The molecule has 0 radical (unpaired) electrons. The van der Waals surface area contributed by atoms with Crippen LogP contribution in [0.5, 0.6) is 0 Å². The SMILES string of the molecule is CNC(=O)c1ccn([C@H]2CCCN(Cc3nnnn3C(C)C)C2)n1. The molecular formula is C15H24N8O. The number of piperidine rings is 1. The highest BCUT2D eigenvalue weighted by atomic mass is 16.1. The highest BCUT2D eigenvalue weighted by Gasteiger charge is 2.24. The molecule has 0 unspecified atom stereocenters. The smallest absolute Gasteiger partial charge is 0.271 e. The van der Waals surface area contributed by atoms with E-state index in [2.05, 4.69) is 44.7 Å². The second kappa shape index (κ2) is 7.08. The Bertz CT molecular complexity index is 691. The van der Waals surface area contributed by atoms with Crippen LogP contribution < -0.4 is 5.32 Å². The van der Waals surface area contributed by atoms with Crippen LogP contribution in [0, 0.1) is 0 Å². The van der Waals surface area contributed by atoms with E-state index in [1.807, 2.05) is 15.6 Å². The third-order valence-electron chi connectivity index (χ3n) is 4.34. The van der Waals surface area contributed by atoms with Gasteiger partial charge in [0, 0.05) is 19.8 Å². The van der Waals surface area contributed by atoms with Crippen LogP contribution in [0.25, 0.3) is 0 Å². The molecule has 0 saturated carbocycles. The first kappa shape index (κ1) is 16.6. The predicted molar refractivity (Wildman–Crippen MR) is 87.4 cm³/mol. The van der Waals surface area contributed by atoms with E-state index in [0.29, 0.717) is 5.69 Å². The van der Waals surface area contributed by atoms with E-state index in [-0.39, 0.29) is 18.0 Å². The molecule has 3 heterocycles. The first-order chi connectivity index (χ1) is 11.6. The van der Waals surface area contributed by atoms with Crippen LogP contribution in [-0.4, -0.2) is 60.9 Å². The summed E-state index contributed by atoms with van der Waals surface area (Å²) in [6, 6.07) is 2.27. The van der Waals surface area contributed by atoms with E-state index in [9.17, 15) is 4.79 Å². The summed E-state index contributed by atoms with van der Waals surface area (Å²) in [5, 5.41) is 19.0. The fourth-order valence-corrected chi connectivity index (χ4v) is 3.10. The molecule has 1 atom stereocenters. The van der Waals surface area contributed by atoms with Gasteiger partial charge in [-0.1, -0.05) is 0 Å². The summed E-state index contributed by atoms with van der Waals surface area (Å²) in [6.07, 6.45) is 4.03. The molecule has 24 heavy (non-hydrogen) atoms. The summed E-state index contributed by atoms with van der Waals surface area (Å²) in [5.41, 5.74) is 0.457. The molecule has 9 heteroatoms. The normalized spacial score (nSPS) is 18.9. The van der Waals surface area contributed by atoms with Crippen LogP contribution in [0.15, 0.2) is 12.3 Å². The first-order valence-electron chi connectivity index (χ1n) is 8.34. The van der Waals surface area contributed by atoms with E-state index >= 15 is 0 Å². The number of carbonyl (C=O) groups is 1. The minimum Gasteiger partial charge on any atom is -0.354 e. The summed E-state index contributed by atoms with van der Waals surface area (Å²) in [6.45, 7) is 6.77. The number of aromatic nitrogens is 6. The summed E-state index contributed by atoms with van der Waals surface area (Å²) in [4.78, 5) is 14.0. The fraction of sp³-hybridized carbons (Fsp3) is 0.667. The molecule has 0 spiro atoms. The van der Waals surface area contributed by atoms with Gasteiger partial charge in [0.05, 0.1) is 18.6 Å². The summed E-state index contributed by atoms with van der Waals surface area (Å²) in [5.74, 6) is 0.731. The number of rotatable bonds is 5. The van der Waals surface area contributed by atoms with Gasteiger partial charge in [0.15, 0.2) is 5.82 Å². The van der Waals surface area contributed by atoms with Crippen molar-refractivity contribution in [3.63, 3.8) is 0 Å². The van der Waals surface area contributed by atoms with Crippen molar-refractivity contribution in [3.8, 4) is 0 Å². The maximum Gasteiger partial charge on any atom is 0.271 e. The van der Waals surface area contributed by atoms with E-state index in [0.717, 1.165) is 38.3 Å². The van der Waals surface area contributed by atoms with Crippen molar-refractivity contribution >= 4 is 5.91 Å². The molecule has 0 bridgehead atoms. The molecule has 1 aliphatic rings. The maximum atomic E-state index is 11.7. The molecule has 9 nitrogen and oxygen atoms in total. The van der Waals surface area contributed by atoms with Crippen molar-refractivity contribution in [2.45, 2.75) is 45.3 Å². The molecule has 1 aliphatic heterocycles. The van der Waals surface area contributed by atoms with Crippen LogP contribution in [0.3, 0.4) is 0 Å². The number of carbonyl (C=O) groups excluding carboxylic acids is 1. The van der Waals surface area contributed by atoms with Crippen LogP contribution in [0.4, 0.5) is 0 Å². The largest absolute Gasteiger partial charge is 0.354 e. The highest BCUT2D eigenvalue weighted by molar-refractivity contribution is 5.91. The second-order valence-electron chi connectivity index (χ2n) is 6.42. The van der Waals surface area contributed by atoms with Gasteiger partial charge >= 0.3 is 0 Å². The van der Waals surface area contributed by atoms with Gasteiger partial charge in [0.1, 0.15) is 5.69 Å². The Labute approximate surface area is 141 Å². The number of tetrazole rings is 1. The van der Waals surface area contributed by atoms with Crippen LogP contribution in [0.2, 0.25) is 0 Å². The Balaban J connectivity index is 1.67. The fourth-order valence-electron chi connectivity index (χ4n) is 3.10. The standard InChI is InChI=1S/C15H24N8O/c1-11(2)23-14(17-19-20-23)10-21-7-4-5-12(9-21)22-8-6-13(18-22)15(24)16-3/h6,8,11-12H,4-5,7,9-10H2,1-3H3,(H,16,24)/t12-/m0/s1. The monoisotopic (exact) mass is 332 g/mol. The van der Waals surface area contributed by atoms with Gasteiger partial charge in [0.2, 0.25) is 0 Å². The summed E-state index contributed by atoms with van der Waals surface area (Å²) in [7, 11) is 1.61. The molecule has 2 aromatic heterocycles. The van der Waals surface area contributed by atoms with Gasteiger partial charge < -0.3 is 5.32 Å². The van der Waals surface area contributed by atoms with Crippen molar-refractivity contribution in [3.05, 3.63) is 23.8 Å². The third kappa shape index (κ3) is 3.45. The lowest BCUT2D eigenvalue weighted by atomic mass is 10.1. The maximum absolute atomic E-state index is 11.7.